The molecule has 0 spiro atoms. The Bertz CT molecular complexity index is 514. The summed E-state index contributed by atoms with van der Waals surface area (Å²) in [6.07, 6.45) is 2.45. The first-order valence-corrected chi connectivity index (χ1v) is 9.71. The average Bonchev–Trinajstić information content (AvgIpc) is 3.07. The summed E-state index contributed by atoms with van der Waals surface area (Å²) in [6, 6.07) is 13.4. The molecule has 0 bridgehead atoms. The van der Waals surface area contributed by atoms with E-state index in [0.29, 0.717) is 11.8 Å². The van der Waals surface area contributed by atoms with Gasteiger partial charge in [-0.15, -0.1) is 0 Å². The Morgan fingerprint density at radius 3 is 1.20 bits per heavy atom. The number of rotatable bonds is 6. The first-order valence-electron chi connectivity index (χ1n) is 9.71. The van der Waals surface area contributed by atoms with Gasteiger partial charge in [0, 0.05) is 0 Å². The molecule has 0 saturated heterocycles. The zero-order valence-electron chi connectivity index (χ0n) is 17.9. The standard InChI is InChI=1S/2C12H19.Mg/c2*1-9(2)8-11-6-5-7-12(11)10(3)4;/h2*5-7,9-10H,8H2,1-4H3;/q2*-1;+2. The molecule has 0 aromatic heterocycles. The van der Waals surface area contributed by atoms with Crippen molar-refractivity contribution in [3.63, 3.8) is 0 Å². The Morgan fingerprint density at radius 2 is 0.960 bits per heavy atom. The van der Waals surface area contributed by atoms with Crippen LogP contribution in [0.1, 0.15) is 89.5 Å². The Hall–Kier alpha value is -0.534. The van der Waals surface area contributed by atoms with Gasteiger partial charge in [0.15, 0.2) is 0 Å². The maximum absolute atomic E-state index is 2.27. The predicted molar refractivity (Wildman–Crippen MR) is 115 cm³/mol. The molecule has 0 heterocycles. The van der Waals surface area contributed by atoms with Gasteiger partial charge in [-0.2, -0.15) is 34.4 Å². The third kappa shape index (κ3) is 8.60. The molecule has 0 radical (unpaired) electrons. The Labute approximate surface area is 173 Å². The molecular weight excluding hydrogens is 313 g/mol. The van der Waals surface area contributed by atoms with Gasteiger partial charge in [-0.3, -0.25) is 0 Å². The summed E-state index contributed by atoms with van der Waals surface area (Å²) in [5, 5.41) is 0. The van der Waals surface area contributed by atoms with Crippen LogP contribution < -0.4 is 0 Å². The molecule has 0 atom stereocenters. The maximum Gasteiger partial charge on any atom is 2.00 e. The van der Waals surface area contributed by atoms with Crippen LogP contribution in [0.2, 0.25) is 0 Å². The quantitative estimate of drug-likeness (QED) is 0.386. The second-order valence-electron chi connectivity index (χ2n) is 8.52. The van der Waals surface area contributed by atoms with Gasteiger partial charge in [0.1, 0.15) is 0 Å². The SMILES string of the molecule is CC(C)C[c-]1cccc1C(C)C.CC(C)C[c-]1cccc1C(C)C.[Mg+2]. The van der Waals surface area contributed by atoms with E-state index in [1.54, 1.807) is 11.1 Å². The van der Waals surface area contributed by atoms with E-state index in [1.807, 2.05) is 0 Å². The van der Waals surface area contributed by atoms with Crippen molar-refractivity contribution in [2.75, 3.05) is 0 Å². The summed E-state index contributed by atoms with van der Waals surface area (Å²) in [6.45, 7) is 18.2. The predicted octanol–water partition coefficient (Wildman–Crippen LogP) is 7.07. The Morgan fingerprint density at radius 1 is 0.640 bits per heavy atom. The molecule has 0 amide bonds. The number of hydrogen-bond donors (Lipinski definition) is 0. The molecule has 1 heteroatoms. The third-order valence-electron chi connectivity index (χ3n) is 4.39. The summed E-state index contributed by atoms with van der Waals surface area (Å²) < 4.78 is 0. The van der Waals surface area contributed by atoms with Crippen LogP contribution in [0.3, 0.4) is 0 Å². The van der Waals surface area contributed by atoms with Crippen LogP contribution in [-0.4, -0.2) is 23.1 Å². The van der Waals surface area contributed by atoms with E-state index in [1.165, 1.54) is 24.0 Å². The minimum Gasteiger partial charge on any atom is -0.213 e. The van der Waals surface area contributed by atoms with Crippen molar-refractivity contribution in [3.8, 4) is 0 Å². The molecule has 0 aliphatic rings. The molecule has 2 aromatic rings. The Kier molecular flexibility index (Phi) is 11.7. The van der Waals surface area contributed by atoms with Crippen molar-refractivity contribution < 1.29 is 0 Å². The molecule has 25 heavy (non-hydrogen) atoms. The van der Waals surface area contributed by atoms with Crippen LogP contribution in [-0.2, 0) is 12.8 Å². The van der Waals surface area contributed by atoms with Crippen LogP contribution >= 0.6 is 0 Å². The van der Waals surface area contributed by atoms with Crippen LogP contribution in [0.5, 0.6) is 0 Å². The van der Waals surface area contributed by atoms with Crippen molar-refractivity contribution >= 4 is 23.1 Å². The largest absolute Gasteiger partial charge is 2.00 e. The van der Waals surface area contributed by atoms with Gasteiger partial charge in [-0.1, -0.05) is 80.1 Å². The molecule has 0 aliphatic heterocycles. The van der Waals surface area contributed by atoms with Gasteiger partial charge >= 0.3 is 23.1 Å². The minimum absolute atomic E-state index is 0. The fraction of sp³-hybridized carbons (Fsp3) is 0.583. The second-order valence-corrected chi connectivity index (χ2v) is 8.52. The summed E-state index contributed by atoms with van der Waals surface area (Å²) in [5.74, 6) is 2.89. The van der Waals surface area contributed by atoms with Gasteiger partial charge < -0.3 is 0 Å². The minimum atomic E-state index is 0. The van der Waals surface area contributed by atoms with Crippen molar-refractivity contribution in [2.45, 2.75) is 80.1 Å². The normalized spacial score (nSPS) is 11.0. The monoisotopic (exact) mass is 350 g/mol. The fourth-order valence-electron chi connectivity index (χ4n) is 3.32. The second kappa shape index (κ2) is 12.0. The molecular formula is C24H38Mg. The van der Waals surface area contributed by atoms with Gasteiger partial charge in [0.05, 0.1) is 0 Å². The van der Waals surface area contributed by atoms with E-state index in [2.05, 4.69) is 91.8 Å². The first-order chi connectivity index (χ1) is 11.2. The fourth-order valence-corrected chi connectivity index (χ4v) is 3.32. The van der Waals surface area contributed by atoms with Crippen LogP contribution in [0.25, 0.3) is 0 Å². The zero-order chi connectivity index (χ0) is 18.3. The van der Waals surface area contributed by atoms with Crippen molar-refractivity contribution in [2.24, 2.45) is 11.8 Å². The van der Waals surface area contributed by atoms with Crippen LogP contribution in [0.15, 0.2) is 36.4 Å². The molecule has 0 nitrogen and oxygen atoms in total. The van der Waals surface area contributed by atoms with Crippen molar-refractivity contribution in [1.82, 2.24) is 0 Å². The van der Waals surface area contributed by atoms with Gasteiger partial charge in [-0.05, 0) is 11.8 Å². The van der Waals surface area contributed by atoms with E-state index in [9.17, 15) is 0 Å². The van der Waals surface area contributed by atoms with E-state index < -0.39 is 0 Å². The van der Waals surface area contributed by atoms with Crippen LogP contribution in [0.4, 0.5) is 0 Å². The summed E-state index contributed by atoms with van der Waals surface area (Å²) in [4.78, 5) is 0. The van der Waals surface area contributed by atoms with Gasteiger partial charge in [0.25, 0.3) is 0 Å². The van der Waals surface area contributed by atoms with E-state index in [0.717, 1.165) is 11.8 Å². The molecule has 2 rings (SSSR count). The summed E-state index contributed by atoms with van der Waals surface area (Å²) in [7, 11) is 0. The zero-order valence-corrected chi connectivity index (χ0v) is 19.3. The molecule has 0 unspecified atom stereocenters. The maximum atomic E-state index is 2.27. The molecule has 136 valence electrons. The number of hydrogen-bond acceptors (Lipinski definition) is 0. The molecule has 0 aliphatic carbocycles. The smallest absolute Gasteiger partial charge is 0.213 e. The third-order valence-corrected chi connectivity index (χ3v) is 4.39. The summed E-state index contributed by atoms with van der Waals surface area (Å²) in [5.41, 5.74) is 6.15. The van der Waals surface area contributed by atoms with E-state index >= 15 is 0 Å². The average molecular weight is 351 g/mol. The molecule has 0 saturated carbocycles. The topological polar surface area (TPSA) is 0 Å². The molecule has 0 fully saturated rings. The van der Waals surface area contributed by atoms with Gasteiger partial charge in [-0.25, -0.2) is 24.3 Å². The van der Waals surface area contributed by atoms with Gasteiger partial charge in [0.2, 0.25) is 0 Å². The first kappa shape index (κ1) is 24.5. The molecule has 2 aromatic carbocycles. The van der Waals surface area contributed by atoms with Crippen molar-refractivity contribution in [1.29, 1.82) is 0 Å². The summed E-state index contributed by atoms with van der Waals surface area (Å²) >= 11 is 0. The van der Waals surface area contributed by atoms with E-state index in [4.69, 9.17) is 0 Å². The van der Waals surface area contributed by atoms with Crippen molar-refractivity contribution in [3.05, 3.63) is 58.7 Å². The van der Waals surface area contributed by atoms with Crippen LogP contribution in [0, 0.1) is 11.8 Å². The Balaban J connectivity index is 0.000000443. The molecule has 0 N–H and O–H groups in total. The van der Waals surface area contributed by atoms with E-state index in [-0.39, 0.29) is 23.1 Å².